The van der Waals surface area contributed by atoms with Gasteiger partial charge in [-0.1, -0.05) is 0 Å². The van der Waals surface area contributed by atoms with Gasteiger partial charge in [-0.2, -0.15) is 0 Å². The lowest BCUT2D eigenvalue weighted by Crippen LogP contribution is -2.59. The van der Waals surface area contributed by atoms with Crippen molar-refractivity contribution in [2.24, 2.45) is 17.3 Å². The summed E-state index contributed by atoms with van der Waals surface area (Å²) < 4.78 is 4.93. The number of hydrogen-bond donors (Lipinski definition) is 3. The Morgan fingerprint density at radius 3 is 2.50 bits per heavy atom. The molecular formula is C18H22ClN3O4. The normalized spacial score (nSPS) is 34.3. The van der Waals surface area contributed by atoms with Crippen LogP contribution in [-0.4, -0.2) is 29.1 Å². The number of furan rings is 1. The maximum absolute atomic E-state index is 12.8. The fourth-order valence-corrected chi connectivity index (χ4v) is 6.10. The van der Waals surface area contributed by atoms with E-state index < -0.39 is 17.2 Å². The van der Waals surface area contributed by atoms with Crippen molar-refractivity contribution in [2.45, 2.75) is 43.4 Å². The van der Waals surface area contributed by atoms with E-state index in [9.17, 15) is 14.4 Å². The molecule has 1 heterocycles. The van der Waals surface area contributed by atoms with E-state index in [0.717, 1.165) is 25.7 Å². The molecule has 4 aliphatic rings. The van der Waals surface area contributed by atoms with Crippen LogP contribution in [0.15, 0.2) is 22.8 Å². The highest BCUT2D eigenvalue weighted by Crippen LogP contribution is 2.63. The molecule has 0 spiro atoms. The van der Waals surface area contributed by atoms with Crippen LogP contribution in [0.5, 0.6) is 0 Å². The van der Waals surface area contributed by atoms with Gasteiger partial charge in [-0.25, -0.2) is 0 Å². The van der Waals surface area contributed by atoms with Gasteiger partial charge in [0, 0.05) is 4.87 Å². The molecule has 0 radical (unpaired) electrons. The average molecular weight is 380 g/mol. The van der Waals surface area contributed by atoms with Crippen LogP contribution in [0.25, 0.3) is 0 Å². The van der Waals surface area contributed by atoms with E-state index in [4.69, 9.17) is 16.0 Å². The van der Waals surface area contributed by atoms with Crippen LogP contribution in [-0.2, 0) is 9.59 Å². The number of rotatable bonds is 4. The largest absolute Gasteiger partial charge is 0.459 e. The average Bonchev–Trinajstić information content (AvgIpc) is 3.09. The fourth-order valence-electron chi connectivity index (χ4n) is 5.40. The molecule has 140 valence electrons. The zero-order valence-corrected chi connectivity index (χ0v) is 15.1. The molecule has 1 aromatic rings. The first-order valence-electron chi connectivity index (χ1n) is 8.97. The van der Waals surface area contributed by atoms with Crippen LogP contribution in [0.3, 0.4) is 0 Å². The third kappa shape index (κ3) is 3.20. The first-order valence-corrected chi connectivity index (χ1v) is 9.35. The van der Waals surface area contributed by atoms with Crippen molar-refractivity contribution in [3.63, 3.8) is 0 Å². The Balaban J connectivity index is 1.29. The van der Waals surface area contributed by atoms with Gasteiger partial charge in [-0.05, 0) is 62.5 Å². The van der Waals surface area contributed by atoms with Crippen LogP contribution in [0.4, 0.5) is 0 Å². The van der Waals surface area contributed by atoms with E-state index >= 15 is 0 Å². The van der Waals surface area contributed by atoms with E-state index in [1.807, 2.05) is 0 Å². The molecule has 8 heteroatoms. The number of alkyl halides is 1. The van der Waals surface area contributed by atoms with Crippen LogP contribution < -0.4 is 16.2 Å². The number of nitrogens with one attached hydrogen (secondary N) is 3. The molecular weight excluding hydrogens is 358 g/mol. The van der Waals surface area contributed by atoms with Gasteiger partial charge in [0.15, 0.2) is 5.76 Å². The van der Waals surface area contributed by atoms with Crippen molar-refractivity contribution in [2.75, 3.05) is 6.54 Å². The number of hydrogen-bond acceptors (Lipinski definition) is 4. The van der Waals surface area contributed by atoms with Crippen molar-refractivity contribution < 1.29 is 18.8 Å². The van der Waals surface area contributed by atoms with Crippen molar-refractivity contribution in [3.05, 3.63) is 24.2 Å². The molecule has 0 aromatic carbocycles. The molecule has 3 N–H and O–H groups in total. The zero-order valence-electron chi connectivity index (χ0n) is 14.3. The minimum atomic E-state index is -0.556. The lowest BCUT2D eigenvalue weighted by molar-refractivity contribution is -0.145. The van der Waals surface area contributed by atoms with Gasteiger partial charge >= 0.3 is 5.91 Å². The lowest BCUT2D eigenvalue weighted by Gasteiger charge is -2.59. The summed E-state index contributed by atoms with van der Waals surface area (Å²) in [5.74, 6) is -0.0234. The highest BCUT2D eigenvalue weighted by atomic mass is 35.5. The van der Waals surface area contributed by atoms with E-state index in [1.165, 1.54) is 18.8 Å². The highest BCUT2D eigenvalue weighted by Gasteiger charge is 2.60. The Morgan fingerprint density at radius 1 is 1.15 bits per heavy atom. The summed E-state index contributed by atoms with van der Waals surface area (Å²) in [5, 5.41) is 2.73. The molecule has 5 rings (SSSR count). The monoisotopic (exact) mass is 379 g/mol. The summed E-state index contributed by atoms with van der Waals surface area (Å²) in [7, 11) is 0. The summed E-state index contributed by atoms with van der Waals surface area (Å²) in [4.78, 5) is 36.2. The van der Waals surface area contributed by atoms with E-state index in [1.54, 1.807) is 6.07 Å². The second-order valence-electron chi connectivity index (χ2n) is 8.05. The van der Waals surface area contributed by atoms with Crippen molar-refractivity contribution >= 4 is 29.3 Å². The summed E-state index contributed by atoms with van der Waals surface area (Å²) in [6, 6.07) is 3.06. The number of carbonyl (C=O) groups excluding carboxylic acids is 3. The summed E-state index contributed by atoms with van der Waals surface area (Å²) in [6.07, 6.45) is 6.95. The van der Waals surface area contributed by atoms with E-state index in [-0.39, 0.29) is 23.1 Å². The van der Waals surface area contributed by atoms with Crippen LogP contribution >= 0.6 is 11.6 Å². The number of amides is 3. The SMILES string of the molecule is O=C(CNC(=O)C12C[C@@H]3C[C@@H](CC(Cl)(C3)C1)C2)NNC(=O)c1ccco1. The Labute approximate surface area is 156 Å². The molecule has 4 aliphatic carbocycles. The molecule has 4 bridgehead atoms. The van der Waals surface area contributed by atoms with Gasteiger partial charge in [0.2, 0.25) is 5.91 Å². The lowest BCUT2D eigenvalue weighted by atomic mass is 9.49. The molecule has 4 saturated carbocycles. The third-order valence-electron chi connectivity index (χ3n) is 5.94. The quantitative estimate of drug-likeness (QED) is 0.548. The molecule has 1 aromatic heterocycles. The van der Waals surface area contributed by atoms with Gasteiger partial charge in [0.1, 0.15) is 0 Å². The van der Waals surface area contributed by atoms with Gasteiger partial charge in [-0.3, -0.25) is 25.2 Å². The van der Waals surface area contributed by atoms with Crippen LogP contribution in [0.1, 0.15) is 49.1 Å². The molecule has 3 amide bonds. The summed E-state index contributed by atoms with van der Waals surface area (Å²) in [5.41, 5.74) is 4.07. The predicted octanol–water partition coefficient (Wildman–Crippen LogP) is 1.73. The molecule has 4 fully saturated rings. The Bertz CT molecular complexity index is 719. The van der Waals surface area contributed by atoms with Crippen LogP contribution in [0, 0.1) is 17.3 Å². The third-order valence-corrected chi connectivity index (χ3v) is 6.38. The molecule has 0 saturated heterocycles. The Hall–Kier alpha value is -2.02. The van der Waals surface area contributed by atoms with Gasteiger partial charge in [0.25, 0.3) is 5.91 Å². The maximum Gasteiger partial charge on any atom is 0.305 e. The second-order valence-corrected chi connectivity index (χ2v) is 8.86. The molecule has 7 nitrogen and oxygen atoms in total. The topological polar surface area (TPSA) is 100 Å². The van der Waals surface area contributed by atoms with Crippen molar-refractivity contribution in [1.29, 1.82) is 0 Å². The number of halogens is 1. The smallest absolute Gasteiger partial charge is 0.305 e. The van der Waals surface area contributed by atoms with Gasteiger partial charge in [-0.15, -0.1) is 11.6 Å². The van der Waals surface area contributed by atoms with Gasteiger partial charge < -0.3 is 9.73 Å². The van der Waals surface area contributed by atoms with Crippen molar-refractivity contribution in [1.82, 2.24) is 16.2 Å². The summed E-state index contributed by atoms with van der Waals surface area (Å²) >= 11 is 6.75. The number of hydrazine groups is 1. The van der Waals surface area contributed by atoms with Gasteiger partial charge in [0.05, 0.1) is 18.2 Å². The minimum absolute atomic E-state index is 0.0929. The Kier molecular flexibility index (Phi) is 4.22. The fraction of sp³-hybridized carbons (Fsp3) is 0.611. The zero-order chi connectivity index (χ0) is 18.4. The summed E-state index contributed by atoms with van der Waals surface area (Å²) in [6.45, 7) is -0.191. The van der Waals surface area contributed by atoms with Crippen LogP contribution in [0.2, 0.25) is 0 Å². The maximum atomic E-state index is 12.8. The predicted molar refractivity (Wildman–Crippen MR) is 93.0 cm³/mol. The molecule has 26 heavy (non-hydrogen) atoms. The molecule has 0 aliphatic heterocycles. The highest BCUT2D eigenvalue weighted by molar-refractivity contribution is 6.24. The second kappa shape index (κ2) is 6.30. The first-order chi connectivity index (χ1) is 12.4. The molecule has 2 unspecified atom stereocenters. The standard InChI is InChI=1S/C18H22ClN3O4/c19-18-7-11-4-12(8-18)6-17(5-11,10-18)16(25)20-9-14(23)21-22-15(24)13-2-1-3-26-13/h1-3,11-12H,4-10H2,(H,20,25)(H,21,23)(H,22,24)/t11-,12+,17?,18?. The number of carbonyl (C=O) groups is 3. The van der Waals surface area contributed by atoms with E-state index in [2.05, 4.69) is 16.2 Å². The van der Waals surface area contributed by atoms with Crippen molar-refractivity contribution in [3.8, 4) is 0 Å². The first kappa shape index (κ1) is 17.4. The molecule has 4 atom stereocenters. The Morgan fingerprint density at radius 2 is 1.88 bits per heavy atom. The van der Waals surface area contributed by atoms with E-state index in [0.29, 0.717) is 18.3 Å². The minimum Gasteiger partial charge on any atom is -0.459 e.